The van der Waals surface area contributed by atoms with Gasteiger partial charge in [0.15, 0.2) is 15.6 Å². The van der Waals surface area contributed by atoms with Crippen molar-refractivity contribution in [1.82, 2.24) is 0 Å². The van der Waals surface area contributed by atoms with Crippen LogP contribution in [0.15, 0.2) is 76.0 Å². The van der Waals surface area contributed by atoms with E-state index in [0.717, 1.165) is 0 Å². The maximum Gasteiger partial charge on any atom is 0.228 e. The number of sulfone groups is 1. The summed E-state index contributed by atoms with van der Waals surface area (Å²) in [6.45, 7) is 0. The summed E-state index contributed by atoms with van der Waals surface area (Å²) in [4.78, 5) is 12.9. The molecule has 0 amide bonds. The minimum atomic E-state index is -3.98. The van der Waals surface area contributed by atoms with Crippen molar-refractivity contribution in [3.8, 4) is 0 Å². The minimum Gasteiger partial charge on any atom is -0.452 e. The second-order valence-corrected chi connectivity index (χ2v) is 9.73. The summed E-state index contributed by atoms with van der Waals surface area (Å²) in [6, 6.07) is 17.6. The quantitative estimate of drug-likeness (QED) is 0.303. The van der Waals surface area contributed by atoms with Crippen molar-refractivity contribution in [2.45, 2.75) is 10.6 Å². The molecule has 30 heavy (non-hydrogen) atoms. The van der Waals surface area contributed by atoms with E-state index in [4.69, 9.17) is 39.2 Å². The fourth-order valence-corrected chi connectivity index (χ4v) is 5.97. The molecular weight excluding hydrogens is 467 g/mol. The van der Waals surface area contributed by atoms with Crippen molar-refractivity contribution in [3.63, 3.8) is 0 Å². The van der Waals surface area contributed by atoms with Gasteiger partial charge in [0.2, 0.25) is 5.78 Å². The van der Waals surface area contributed by atoms with Gasteiger partial charge in [-0.3, -0.25) is 4.79 Å². The summed E-state index contributed by atoms with van der Waals surface area (Å²) in [5.41, 5.74) is 0.986. The first kappa shape index (κ1) is 20.9. The Morgan fingerprint density at radius 2 is 1.47 bits per heavy atom. The SMILES string of the molecule is O=C(c1ccc(Cl)cc1)c1oc2ccccc2c1CS(=O)(=O)c1c(Cl)cccc1Cl. The van der Waals surface area contributed by atoms with Crippen molar-refractivity contribution in [2.24, 2.45) is 0 Å². The second-order valence-electron chi connectivity index (χ2n) is 6.55. The molecule has 152 valence electrons. The van der Waals surface area contributed by atoms with Gasteiger partial charge in [-0.15, -0.1) is 0 Å². The topological polar surface area (TPSA) is 64.3 Å². The average molecular weight is 480 g/mol. The van der Waals surface area contributed by atoms with Crippen LogP contribution in [0.2, 0.25) is 15.1 Å². The first-order valence-corrected chi connectivity index (χ1v) is 11.5. The zero-order valence-electron chi connectivity index (χ0n) is 15.2. The lowest BCUT2D eigenvalue weighted by Crippen LogP contribution is -2.10. The summed E-state index contributed by atoms with van der Waals surface area (Å²) in [7, 11) is -3.98. The molecule has 3 aromatic carbocycles. The van der Waals surface area contributed by atoms with Crippen molar-refractivity contribution < 1.29 is 17.6 Å². The molecular formula is C22H13Cl3O4S. The van der Waals surface area contributed by atoms with Crippen LogP contribution < -0.4 is 0 Å². The van der Waals surface area contributed by atoms with E-state index in [1.165, 1.54) is 12.1 Å². The molecule has 8 heteroatoms. The van der Waals surface area contributed by atoms with Crippen LogP contribution in [0.3, 0.4) is 0 Å². The van der Waals surface area contributed by atoms with Crippen LogP contribution in [0.5, 0.6) is 0 Å². The number of furan rings is 1. The molecule has 0 fully saturated rings. The Morgan fingerprint density at radius 1 is 0.833 bits per heavy atom. The number of rotatable bonds is 5. The largest absolute Gasteiger partial charge is 0.452 e. The van der Waals surface area contributed by atoms with Gasteiger partial charge >= 0.3 is 0 Å². The summed E-state index contributed by atoms with van der Waals surface area (Å²) in [6.07, 6.45) is 0. The Bertz CT molecular complexity index is 1350. The maximum atomic E-state index is 13.2. The molecule has 0 saturated heterocycles. The number of halogens is 3. The van der Waals surface area contributed by atoms with E-state index >= 15 is 0 Å². The van der Waals surface area contributed by atoms with Crippen molar-refractivity contribution in [1.29, 1.82) is 0 Å². The Morgan fingerprint density at radius 3 is 2.13 bits per heavy atom. The number of benzene rings is 3. The number of carbonyl (C=O) groups is 1. The first-order chi connectivity index (χ1) is 14.3. The van der Waals surface area contributed by atoms with Gasteiger partial charge in [0, 0.05) is 21.5 Å². The van der Waals surface area contributed by atoms with Gasteiger partial charge in [-0.2, -0.15) is 0 Å². The van der Waals surface area contributed by atoms with Crippen LogP contribution in [0.1, 0.15) is 21.7 Å². The Labute approximate surface area is 187 Å². The van der Waals surface area contributed by atoms with Gasteiger partial charge < -0.3 is 4.42 Å². The van der Waals surface area contributed by atoms with E-state index in [1.54, 1.807) is 54.6 Å². The number of fused-ring (bicyclic) bond motifs is 1. The minimum absolute atomic E-state index is 0.0147. The fraction of sp³-hybridized carbons (Fsp3) is 0.0455. The zero-order chi connectivity index (χ0) is 21.5. The third-order valence-corrected chi connectivity index (χ3v) is 7.41. The summed E-state index contributed by atoms with van der Waals surface area (Å²) >= 11 is 18.1. The standard InChI is InChI=1S/C22H13Cl3O4S/c23-14-10-8-13(9-11-14)20(26)21-16(15-4-1-2-7-19(15)29-21)12-30(27,28)22-17(24)5-3-6-18(22)25/h1-11H,12H2. The number of hydrogen-bond acceptors (Lipinski definition) is 4. The van der Waals surface area contributed by atoms with Crippen molar-refractivity contribution in [2.75, 3.05) is 0 Å². The molecule has 4 rings (SSSR count). The van der Waals surface area contributed by atoms with Crippen molar-refractivity contribution in [3.05, 3.63) is 98.7 Å². The maximum absolute atomic E-state index is 13.2. The van der Waals surface area contributed by atoms with Crippen LogP contribution in [0.4, 0.5) is 0 Å². The summed E-state index contributed by atoms with van der Waals surface area (Å²) in [5.74, 6) is -0.995. The zero-order valence-corrected chi connectivity index (χ0v) is 18.3. The molecule has 0 atom stereocenters. The predicted molar refractivity (Wildman–Crippen MR) is 118 cm³/mol. The molecule has 0 saturated carbocycles. The van der Waals surface area contributed by atoms with E-state index in [-0.39, 0.29) is 26.3 Å². The molecule has 0 aliphatic rings. The Balaban J connectivity index is 1.87. The van der Waals surface area contributed by atoms with Gasteiger partial charge in [-0.1, -0.05) is 59.1 Å². The number of ketones is 1. The third kappa shape index (κ3) is 3.86. The normalized spacial score (nSPS) is 11.7. The smallest absolute Gasteiger partial charge is 0.228 e. The molecule has 0 aliphatic carbocycles. The Kier molecular flexibility index (Phi) is 5.64. The first-order valence-electron chi connectivity index (χ1n) is 8.75. The lowest BCUT2D eigenvalue weighted by atomic mass is 10.0. The van der Waals surface area contributed by atoms with E-state index in [2.05, 4.69) is 0 Å². The van der Waals surface area contributed by atoms with Crippen LogP contribution in [0, 0.1) is 0 Å². The molecule has 0 bridgehead atoms. The highest BCUT2D eigenvalue weighted by molar-refractivity contribution is 7.91. The molecule has 0 aliphatic heterocycles. The van der Waals surface area contributed by atoms with E-state index in [9.17, 15) is 13.2 Å². The molecule has 0 N–H and O–H groups in total. The highest BCUT2D eigenvalue weighted by Crippen LogP contribution is 2.35. The number of para-hydroxylation sites is 1. The highest BCUT2D eigenvalue weighted by atomic mass is 35.5. The molecule has 4 nitrogen and oxygen atoms in total. The lowest BCUT2D eigenvalue weighted by Gasteiger charge is -2.09. The molecule has 1 heterocycles. The Hall–Kier alpha value is -2.31. The highest BCUT2D eigenvalue weighted by Gasteiger charge is 2.29. The van der Waals surface area contributed by atoms with Crippen LogP contribution in [-0.4, -0.2) is 14.2 Å². The molecule has 1 aromatic heterocycles. The fourth-order valence-electron chi connectivity index (χ4n) is 3.20. The molecule has 4 aromatic rings. The van der Waals surface area contributed by atoms with Gasteiger partial charge in [-0.05, 0) is 42.5 Å². The van der Waals surface area contributed by atoms with Gasteiger partial charge in [0.25, 0.3) is 0 Å². The molecule has 0 unspecified atom stereocenters. The second kappa shape index (κ2) is 8.08. The van der Waals surface area contributed by atoms with Gasteiger partial charge in [-0.25, -0.2) is 8.42 Å². The van der Waals surface area contributed by atoms with E-state index in [0.29, 0.717) is 21.6 Å². The third-order valence-electron chi connectivity index (χ3n) is 4.58. The summed E-state index contributed by atoms with van der Waals surface area (Å²) in [5, 5.41) is 1.04. The van der Waals surface area contributed by atoms with Crippen LogP contribution in [0.25, 0.3) is 11.0 Å². The van der Waals surface area contributed by atoms with E-state index < -0.39 is 21.4 Å². The number of hydrogen-bond donors (Lipinski definition) is 0. The number of carbonyl (C=O) groups excluding carboxylic acids is 1. The van der Waals surface area contributed by atoms with Crippen LogP contribution in [-0.2, 0) is 15.6 Å². The summed E-state index contributed by atoms with van der Waals surface area (Å²) < 4.78 is 32.2. The van der Waals surface area contributed by atoms with Gasteiger partial charge in [0.05, 0.1) is 15.8 Å². The molecule has 0 spiro atoms. The van der Waals surface area contributed by atoms with Crippen molar-refractivity contribution >= 4 is 61.4 Å². The molecule has 0 radical (unpaired) electrons. The lowest BCUT2D eigenvalue weighted by molar-refractivity contribution is 0.101. The predicted octanol–water partition coefficient (Wildman–Crippen LogP) is 6.60. The average Bonchev–Trinajstić information content (AvgIpc) is 3.05. The monoisotopic (exact) mass is 478 g/mol. The van der Waals surface area contributed by atoms with E-state index in [1.807, 2.05) is 0 Å². The van der Waals surface area contributed by atoms with Gasteiger partial charge in [0.1, 0.15) is 10.5 Å². The van der Waals surface area contributed by atoms with Crippen LogP contribution >= 0.6 is 34.8 Å².